The van der Waals surface area contributed by atoms with Gasteiger partial charge in [0.2, 0.25) is 5.91 Å². The standard InChI is InChI=1S/C25H29NO7.C23H25NO7.4CH4/c1-4-32-25(30)22(26-23(28)14-9-18-5-10-20(31-3)11-6-18)16-19-7-12-21(13-8-19)33-24(29)15-17(2)27;1-15(26)13-22(27)31-19-7-3-16(4-8-19)14-21(23(28)29)24-20(11-12-25)17-5-9-18(30-2)10-6-17;;;;/h5-8,10-13,22H,4,9,14-16H2,1-3H3,(H,26,28);3-10,21,25H,11-14H2,1-2H3,(H,28,29);4*1H4. The number of rotatable bonds is 23. The van der Waals surface area contributed by atoms with Gasteiger partial charge < -0.3 is 39.2 Å². The molecule has 68 heavy (non-hydrogen) atoms. The van der Waals surface area contributed by atoms with Crippen LogP contribution in [0.25, 0.3) is 0 Å². The zero-order valence-corrected chi connectivity index (χ0v) is 36.5. The van der Waals surface area contributed by atoms with Crippen molar-refractivity contribution in [3.8, 4) is 23.0 Å². The molecule has 0 radical (unpaired) electrons. The van der Waals surface area contributed by atoms with Gasteiger partial charge in [0.25, 0.3) is 0 Å². The lowest BCUT2D eigenvalue weighted by molar-refractivity contribution is -0.147. The fraction of sp³-hybridized carbons (Fsp3) is 0.385. The van der Waals surface area contributed by atoms with E-state index in [0.717, 1.165) is 16.9 Å². The van der Waals surface area contributed by atoms with Crippen molar-refractivity contribution >= 4 is 47.1 Å². The molecule has 0 aliphatic rings. The number of benzene rings is 4. The molecule has 16 nitrogen and oxygen atoms in total. The van der Waals surface area contributed by atoms with E-state index < -0.39 is 36.0 Å². The highest BCUT2D eigenvalue weighted by molar-refractivity contribution is 6.02. The van der Waals surface area contributed by atoms with E-state index >= 15 is 0 Å². The van der Waals surface area contributed by atoms with E-state index in [4.69, 9.17) is 23.7 Å². The molecule has 372 valence electrons. The SMILES string of the molecule is C.C.C.C.CCOC(=O)C(Cc1ccc(OC(=O)CC(C)=O)cc1)NC(=O)CCc1ccc(OC)cc1.COc1ccc(C(CCO)=NC(Cc2ccc(OC(=O)CC(C)=O)cc2)C(=O)O)cc1. The number of carbonyl (C=O) groups excluding carboxylic acids is 6. The lowest BCUT2D eigenvalue weighted by Gasteiger charge is -2.18. The van der Waals surface area contributed by atoms with Gasteiger partial charge in [0, 0.05) is 38.0 Å². The first-order valence-corrected chi connectivity index (χ1v) is 20.3. The zero-order valence-electron chi connectivity index (χ0n) is 36.5. The van der Waals surface area contributed by atoms with Crippen molar-refractivity contribution in [2.45, 2.75) is 108 Å². The molecule has 0 heterocycles. The summed E-state index contributed by atoms with van der Waals surface area (Å²) in [5.41, 5.74) is 3.59. The third-order valence-corrected chi connectivity index (χ3v) is 9.04. The first-order valence-electron chi connectivity index (χ1n) is 20.3. The van der Waals surface area contributed by atoms with Crippen LogP contribution in [-0.2, 0) is 57.6 Å². The van der Waals surface area contributed by atoms with Crippen molar-refractivity contribution in [3.63, 3.8) is 0 Å². The van der Waals surface area contributed by atoms with Crippen LogP contribution in [0.5, 0.6) is 23.0 Å². The average molecular weight is 947 g/mol. The number of aliphatic hydroxyl groups is 1. The van der Waals surface area contributed by atoms with E-state index in [9.17, 15) is 43.8 Å². The highest BCUT2D eigenvalue weighted by atomic mass is 16.5. The minimum atomic E-state index is -1.10. The van der Waals surface area contributed by atoms with Gasteiger partial charge in [-0.1, -0.05) is 66.1 Å². The first kappa shape index (κ1) is 62.9. The van der Waals surface area contributed by atoms with Crippen molar-refractivity contribution in [2.75, 3.05) is 27.4 Å². The van der Waals surface area contributed by atoms with Crippen LogP contribution in [0, 0.1) is 0 Å². The number of hydrogen-bond acceptors (Lipinski definition) is 14. The van der Waals surface area contributed by atoms with Crippen LogP contribution in [0.1, 0.15) is 98.4 Å². The fourth-order valence-corrected chi connectivity index (χ4v) is 5.89. The van der Waals surface area contributed by atoms with Gasteiger partial charge in [0.15, 0.2) is 6.04 Å². The van der Waals surface area contributed by atoms with E-state index in [-0.39, 0.29) is 105 Å². The summed E-state index contributed by atoms with van der Waals surface area (Å²) >= 11 is 0. The molecule has 0 aliphatic heterocycles. The third kappa shape index (κ3) is 23.3. The number of methoxy groups -OCH3 is 2. The van der Waals surface area contributed by atoms with Gasteiger partial charge in [-0.3, -0.25) is 29.0 Å². The largest absolute Gasteiger partial charge is 0.497 e. The van der Waals surface area contributed by atoms with Crippen LogP contribution in [0.3, 0.4) is 0 Å². The third-order valence-electron chi connectivity index (χ3n) is 9.04. The molecule has 0 fully saturated rings. The zero-order chi connectivity index (χ0) is 47.0. The van der Waals surface area contributed by atoms with E-state index in [1.807, 2.05) is 24.3 Å². The second-order valence-electron chi connectivity index (χ2n) is 14.3. The summed E-state index contributed by atoms with van der Waals surface area (Å²) in [6.07, 6.45) is 0.669. The molecule has 0 aromatic heterocycles. The summed E-state index contributed by atoms with van der Waals surface area (Å²) < 4.78 is 25.5. The summed E-state index contributed by atoms with van der Waals surface area (Å²) in [6.45, 7) is 4.34. The molecule has 2 unspecified atom stereocenters. The van der Waals surface area contributed by atoms with E-state index in [1.54, 1.807) is 81.8 Å². The van der Waals surface area contributed by atoms with Crippen molar-refractivity contribution in [1.29, 1.82) is 0 Å². The van der Waals surface area contributed by atoms with E-state index in [1.165, 1.54) is 26.0 Å². The minimum absolute atomic E-state index is 0. The van der Waals surface area contributed by atoms with Crippen molar-refractivity contribution in [3.05, 3.63) is 119 Å². The number of ether oxygens (including phenoxy) is 5. The second-order valence-corrected chi connectivity index (χ2v) is 14.3. The molecule has 0 spiro atoms. The van der Waals surface area contributed by atoms with Crippen LogP contribution < -0.4 is 24.3 Å². The highest BCUT2D eigenvalue weighted by Crippen LogP contribution is 2.19. The van der Waals surface area contributed by atoms with Gasteiger partial charge in [-0.2, -0.15) is 0 Å². The lowest BCUT2D eigenvalue weighted by Crippen LogP contribution is -2.43. The van der Waals surface area contributed by atoms with Gasteiger partial charge in [-0.15, -0.1) is 0 Å². The number of nitrogens with one attached hydrogen (secondary N) is 1. The highest BCUT2D eigenvalue weighted by Gasteiger charge is 2.23. The summed E-state index contributed by atoms with van der Waals surface area (Å²) in [7, 11) is 3.14. The molecule has 0 saturated carbocycles. The Hall–Kier alpha value is -7.20. The number of amides is 1. The molecule has 0 bridgehead atoms. The van der Waals surface area contributed by atoms with Gasteiger partial charge in [-0.25, -0.2) is 9.59 Å². The number of carboxylic acid groups (broad SMARTS) is 1. The summed E-state index contributed by atoms with van der Waals surface area (Å²) in [4.78, 5) is 86.2. The van der Waals surface area contributed by atoms with Crippen molar-refractivity contribution < 1.29 is 67.5 Å². The molecular formula is C52H70N2O14. The maximum absolute atomic E-state index is 12.5. The maximum Gasteiger partial charge on any atom is 0.328 e. The number of carbonyl (C=O) groups is 7. The second kappa shape index (κ2) is 33.3. The van der Waals surface area contributed by atoms with Gasteiger partial charge in [-0.05, 0) is 110 Å². The van der Waals surface area contributed by atoms with Crippen LogP contribution >= 0.6 is 0 Å². The maximum atomic E-state index is 12.5. The minimum Gasteiger partial charge on any atom is -0.497 e. The molecule has 16 heteroatoms. The fourth-order valence-electron chi connectivity index (χ4n) is 5.89. The number of carboxylic acids is 1. The summed E-state index contributed by atoms with van der Waals surface area (Å²) in [6, 6.07) is 25.4. The van der Waals surface area contributed by atoms with Gasteiger partial charge >= 0.3 is 23.9 Å². The molecule has 3 N–H and O–H groups in total. The smallest absolute Gasteiger partial charge is 0.328 e. The predicted octanol–water partition coefficient (Wildman–Crippen LogP) is 7.79. The average Bonchev–Trinajstić information content (AvgIpc) is 3.26. The lowest BCUT2D eigenvalue weighted by atomic mass is 10.0. The number of aliphatic hydroxyl groups excluding tert-OH is 1. The Morgan fingerprint density at radius 3 is 1.44 bits per heavy atom. The van der Waals surface area contributed by atoms with Crippen LogP contribution in [0.15, 0.2) is 102 Å². The Labute approximate surface area is 401 Å². The number of Topliss-reactive ketones (excluding diaryl/α,β-unsaturated/α-hetero) is 2. The van der Waals surface area contributed by atoms with Crippen LogP contribution in [0.2, 0.25) is 0 Å². The van der Waals surface area contributed by atoms with Crippen molar-refractivity contribution in [1.82, 2.24) is 5.32 Å². The van der Waals surface area contributed by atoms with Gasteiger partial charge in [0.05, 0.1) is 20.8 Å². The van der Waals surface area contributed by atoms with Gasteiger partial charge in [0.1, 0.15) is 53.4 Å². The number of nitrogens with zero attached hydrogens (tertiary/aromatic N) is 1. The number of hydrogen-bond donors (Lipinski definition) is 3. The van der Waals surface area contributed by atoms with Crippen LogP contribution in [-0.4, -0.2) is 96.8 Å². The quantitative estimate of drug-likeness (QED) is 0.0279. The topological polar surface area (TPSA) is 230 Å². The molecular weight excluding hydrogens is 877 g/mol. The molecule has 1 amide bonds. The Bertz CT molecular complexity index is 2200. The number of aliphatic imine (C=N–C) groups is 1. The molecule has 4 aromatic rings. The Kier molecular flexibility index (Phi) is 30.8. The molecule has 0 aliphatic carbocycles. The molecule has 0 saturated heterocycles. The summed E-state index contributed by atoms with van der Waals surface area (Å²) in [5, 5.41) is 21.8. The summed E-state index contributed by atoms with van der Waals surface area (Å²) in [5.74, 6) is -1.78. The first-order chi connectivity index (χ1) is 30.6. The Morgan fingerprint density at radius 1 is 0.603 bits per heavy atom. The number of aryl methyl sites for hydroxylation is 1. The van der Waals surface area contributed by atoms with E-state index in [0.29, 0.717) is 34.8 Å². The monoisotopic (exact) mass is 946 g/mol. The van der Waals surface area contributed by atoms with Crippen LogP contribution in [0.4, 0.5) is 0 Å². The Balaban J connectivity index is 0. The molecule has 4 rings (SSSR count). The number of aliphatic carboxylic acids is 1. The number of ketones is 2. The normalized spacial score (nSPS) is 11.0. The van der Waals surface area contributed by atoms with Crippen molar-refractivity contribution in [2.24, 2.45) is 4.99 Å². The predicted molar refractivity (Wildman–Crippen MR) is 262 cm³/mol. The molecule has 2 atom stereocenters. The molecule has 4 aromatic carbocycles. The van der Waals surface area contributed by atoms with E-state index in [2.05, 4.69) is 10.3 Å². The number of esters is 3. The Morgan fingerprint density at radius 2 is 1.03 bits per heavy atom.